The van der Waals surface area contributed by atoms with Gasteiger partial charge in [0.1, 0.15) is 0 Å². The van der Waals surface area contributed by atoms with Crippen LogP contribution in [-0.2, 0) is 4.74 Å². The van der Waals surface area contributed by atoms with E-state index in [4.69, 9.17) is 10.5 Å². The van der Waals surface area contributed by atoms with Crippen molar-refractivity contribution >= 4 is 5.96 Å². The zero-order valence-corrected chi connectivity index (χ0v) is 10.7. The van der Waals surface area contributed by atoms with Gasteiger partial charge in [-0.1, -0.05) is 26.0 Å². The van der Waals surface area contributed by atoms with E-state index in [9.17, 15) is 0 Å². The van der Waals surface area contributed by atoms with Crippen LogP contribution < -0.4 is 11.1 Å². The second kappa shape index (κ2) is 4.87. The Morgan fingerprint density at radius 2 is 2.25 bits per heavy atom. The standard InChI is InChI=1S/C12H23N3O/c1-8(2)7-14-11(13)15-9-6-10(16-5)12(9,3)4/h9-10H,1,6-7H2,2-5H3,(H3,13,14,15). The highest BCUT2D eigenvalue weighted by atomic mass is 16.5. The van der Waals surface area contributed by atoms with Crippen molar-refractivity contribution < 1.29 is 4.74 Å². The number of ether oxygens (including phenoxy) is 1. The Morgan fingerprint density at radius 3 is 2.69 bits per heavy atom. The minimum atomic E-state index is 0.109. The quantitative estimate of drug-likeness (QED) is 0.430. The van der Waals surface area contributed by atoms with E-state index in [1.807, 2.05) is 6.92 Å². The summed E-state index contributed by atoms with van der Waals surface area (Å²) < 4.78 is 5.38. The van der Waals surface area contributed by atoms with E-state index in [0.29, 0.717) is 24.7 Å². The number of rotatable bonds is 4. The first-order chi connectivity index (χ1) is 7.37. The van der Waals surface area contributed by atoms with Crippen LogP contribution in [0.4, 0.5) is 0 Å². The Kier molecular flexibility index (Phi) is 3.97. The molecule has 0 aliphatic heterocycles. The van der Waals surface area contributed by atoms with Gasteiger partial charge < -0.3 is 15.8 Å². The fourth-order valence-corrected chi connectivity index (χ4v) is 1.97. The first kappa shape index (κ1) is 13.0. The van der Waals surface area contributed by atoms with Crippen LogP contribution in [0.5, 0.6) is 0 Å². The highest BCUT2D eigenvalue weighted by Gasteiger charge is 2.48. The van der Waals surface area contributed by atoms with Gasteiger partial charge in [-0.25, -0.2) is 4.99 Å². The number of guanidine groups is 1. The summed E-state index contributed by atoms with van der Waals surface area (Å²) in [6.07, 6.45) is 1.28. The molecule has 0 aromatic carbocycles. The van der Waals surface area contributed by atoms with Gasteiger partial charge in [0.2, 0.25) is 0 Å². The summed E-state index contributed by atoms with van der Waals surface area (Å²) in [6, 6.07) is 0.339. The molecule has 0 radical (unpaired) electrons. The summed E-state index contributed by atoms with van der Waals surface area (Å²) in [5.41, 5.74) is 6.91. The van der Waals surface area contributed by atoms with Crippen LogP contribution in [0.15, 0.2) is 17.1 Å². The molecule has 4 nitrogen and oxygen atoms in total. The van der Waals surface area contributed by atoms with E-state index in [1.165, 1.54) is 0 Å². The van der Waals surface area contributed by atoms with Crippen molar-refractivity contribution in [2.24, 2.45) is 16.1 Å². The highest BCUT2D eigenvalue weighted by molar-refractivity contribution is 5.78. The number of nitrogens with one attached hydrogen (secondary N) is 1. The van der Waals surface area contributed by atoms with Crippen LogP contribution in [-0.4, -0.2) is 31.8 Å². The highest BCUT2D eigenvalue weighted by Crippen LogP contribution is 2.42. The summed E-state index contributed by atoms with van der Waals surface area (Å²) in [5.74, 6) is 0.496. The van der Waals surface area contributed by atoms with E-state index in [2.05, 4.69) is 30.7 Å². The first-order valence-electron chi connectivity index (χ1n) is 5.61. The van der Waals surface area contributed by atoms with Crippen LogP contribution in [0, 0.1) is 5.41 Å². The molecule has 1 saturated carbocycles. The number of aliphatic imine (C=N–C) groups is 1. The molecular weight excluding hydrogens is 202 g/mol. The number of nitrogens with zero attached hydrogens (tertiary/aromatic N) is 1. The second-order valence-corrected chi connectivity index (χ2v) is 5.14. The van der Waals surface area contributed by atoms with Crippen molar-refractivity contribution in [1.82, 2.24) is 5.32 Å². The summed E-state index contributed by atoms with van der Waals surface area (Å²) in [6.45, 7) is 10.7. The monoisotopic (exact) mass is 225 g/mol. The van der Waals surface area contributed by atoms with Gasteiger partial charge in [0, 0.05) is 18.6 Å². The molecule has 2 atom stereocenters. The molecule has 0 aromatic heterocycles. The van der Waals surface area contributed by atoms with Crippen LogP contribution >= 0.6 is 0 Å². The average molecular weight is 225 g/mol. The number of methoxy groups -OCH3 is 1. The lowest BCUT2D eigenvalue weighted by atomic mass is 9.64. The van der Waals surface area contributed by atoms with Gasteiger partial charge in [-0.15, -0.1) is 0 Å². The molecule has 2 unspecified atom stereocenters. The Hall–Kier alpha value is -1.03. The molecule has 1 fully saturated rings. The van der Waals surface area contributed by atoms with Crippen molar-refractivity contribution in [3.63, 3.8) is 0 Å². The maximum absolute atomic E-state index is 5.80. The first-order valence-corrected chi connectivity index (χ1v) is 5.61. The fourth-order valence-electron chi connectivity index (χ4n) is 1.97. The Balaban J connectivity index is 2.45. The Morgan fingerprint density at radius 1 is 1.62 bits per heavy atom. The topological polar surface area (TPSA) is 59.6 Å². The third-order valence-corrected chi connectivity index (χ3v) is 3.30. The van der Waals surface area contributed by atoms with Gasteiger partial charge in [0.05, 0.1) is 12.6 Å². The van der Waals surface area contributed by atoms with E-state index < -0.39 is 0 Å². The maximum atomic E-state index is 5.80. The summed E-state index contributed by atoms with van der Waals surface area (Å²) in [4.78, 5) is 4.20. The van der Waals surface area contributed by atoms with Crippen LogP contribution in [0.1, 0.15) is 27.2 Å². The van der Waals surface area contributed by atoms with Crippen molar-refractivity contribution in [3.8, 4) is 0 Å². The lowest BCUT2D eigenvalue weighted by Crippen LogP contribution is -2.62. The molecule has 0 saturated heterocycles. The van der Waals surface area contributed by atoms with Crippen molar-refractivity contribution in [2.45, 2.75) is 39.3 Å². The average Bonchev–Trinajstić information content (AvgIpc) is 2.20. The summed E-state index contributed by atoms with van der Waals surface area (Å²) in [7, 11) is 1.75. The van der Waals surface area contributed by atoms with E-state index >= 15 is 0 Å². The van der Waals surface area contributed by atoms with Crippen molar-refractivity contribution in [3.05, 3.63) is 12.2 Å². The van der Waals surface area contributed by atoms with E-state index in [1.54, 1.807) is 7.11 Å². The van der Waals surface area contributed by atoms with Gasteiger partial charge in [-0.05, 0) is 13.3 Å². The third kappa shape index (κ3) is 2.76. The fraction of sp³-hybridized carbons (Fsp3) is 0.750. The molecule has 0 aromatic rings. The zero-order valence-electron chi connectivity index (χ0n) is 10.7. The SMILES string of the molecule is C=C(C)CN=C(N)NC1CC(OC)C1(C)C. The maximum Gasteiger partial charge on any atom is 0.189 e. The normalized spacial score (nSPS) is 28.4. The molecule has 92 valence electrons. The smallest absolute Gasteiger partial charge is 0.189 e. The van der Waals surface area contributed by atoms with Gasteiger partial charge in [-0.3, -0.25) is 0 Å². The molecule has 0 bridgehead atoms. The third-order valence-electron chi connectivity index (χ3n) is 3.30. The van der Waals surface area contributed by atoms with E-state index in [0.717, 1.165) is 12.0 Å². The number of hydrogen-bond donors (Lipinski definition) is 2. The van der Waals surface area contributed by atoms with Crippen LogP contribution in [0.3, 0.4) is 0 Å². The molecule has 1 aliphatic carbocycles. The van der Waals surface area contributed by atoms with E-state index in [-0.39, 0.29) is 5.41 Å². The molecule has 16 heavy (non-hydrogen) atoms. The van der Waals surface area contributed by atoms with Gasteiger partial charge in [-0.2, -0.15) is 0 Å². The number of nitrogens with two attached hydrogens (primary N) is 1. The second-order valence-electron chi connectivity index (χ2n) is 5.14. The lowest BCUT2D eigenvalue weighted by Gasteiger charge is -2.51. The molecule has 1 aliphatic rings. The minimum Gasteiger partial charge on any atom is -0.381 e. The van der Waals surface area contributed by atoms with Crippen LogP contribution in [0.2, 0.25) is 0 Å². The Labute approximate surface area is 98.0 Å². The largest absolute Gasteiger partial charge is 0.381 e. The minimum absolute atomic E-state index is 0.109. The number of hydrogen-bond acceptors (Lipinski definition) is 2. The molecule has 1 rings (SSSR count). The van der Waals surface area contributed by atoms with Gasteiger partial charge in [0.25, 0.3) is 0 Å². The predicted octanol–water partition coefficient (Wildman–Crippen LogP) is 1.28. The molecule has 3 N–H and O–H groups in total. The molecular formula is C12H23N3O. The lowest BCUT2D eigenvalue weighted by molar-refractivity contribution is -0.0921. The molecule has 4 heteroatoms. The van der Waals surface area contributed by atoms with Crippen LogP contribution in [0.25, 0.3) is 0 Å². The van der Waals surface area contributed by atoms with Crippen molar-refractivity contribution in [2.75, 3.05) is 13.7 Å². The zero-order chi connectivity index (χ0) is 12.3. The molecule has 0 amide bonds. The Bertz CT molecular complexity index is 297. The van der Waals surface area contributed by atoms with Gasteiger partial charge in [0.15, 0.2) is 5.96 Å². The summed E-state index contributed by atoms with van der Waals surface area (Å²) in [5, 5.41) is 3.23. The molecule has 0 heterocycles. The molecule has 0 spiro atoms. The van der Waals surface area contributed by atoms with Gasteiger partial charge >= 0.3 is 0 Å². The summed E-state index contributed by atoms with van der Waals surface area (Å²) >= 11 is 0. The van der Waals surface area contributed by atoms with Crippen molar-refractivity contribution in [1.29, 1.82) is 0 Å². The predicted molar refractivity (Wildman–Crippen MR) is 67.4 cm³/mol.